The number of hydrogen-bond donors (Lipinski definition) is 1. The second-order valence-corrected chi connectivity index (χ2v) is 7.14. The van der Waals surface area contributed by atoms with Gasteiger partial charge < -0.3 is 14.8 Å². The fraction of sp³-hybridized carbons (Fsp3) is 0.625. The molecule has 0 atom stereocenters. The summed E-state index contributed by atoms with van der Waals surface area (Å²) < 4.78 is 39.8. The quantitative estimate of drug-likeness (QED) is 0.541. The first-order chi connectivity index (χ1) is 11.1. The van der Waals surface area contributed by atoms with E-state index in [0.717, 1.165) is 31.5 Å². The molecular formula is C16H25NO5S. The van der Waals surface area contributed by atoms with Gasteiger partial charge in [-0.15, -0.1) is 0 Å². The Labute approximate surface area is 138 Å². The van der Waals surface area contributed by atoms with Crippen LogP contribution in [0.1, 0.15) is 18.4 Å². The van der Waals surface area contributed by atoms with E-state index in [1.165, 1.54) is 0 Å². The number of benzene rings is 1. The largest absolute Gasteiger partial charge is 0.377 e. The van der Waals surface area contributed by atoms with Gasteiger partial charge in [0.05, 0.1) is 37.4 Å². The molecule has 6 nitrogen and oxygen atoms in total. The molecule has 1 aromatic carbocycles. The third-order valence-corrected chi connectivity index (χ3v) is 4.97. The number of hydrogen-bond acceptors (Lipinski definition) is 6. The van der Waals surface area contributed by atoms with Crippen molar-refractivity contribution in [2.24, 2.45) is 0 Å². The van der Waals surface area contributed by atoms with Crippen molar-refractivity contribution in [1.82, 2.24) is 5.32 Å². The summed E-state index contributed by atoms with van der Waals surface area (Å²) in [6, 6.07) is 6.56. The molecule has 1 fully saturated rings. The Hall–Kier alpha value is -0.990. The van der Waals surface area contributed by atoms with E-state index in [-0.39, 0.29) is 18.1 Å². The second-order valence-electron chi connectivity index (χ2n) is 5.52. The van der Waals surface area contributed by atoms with Crippen LogP contribution in [-0.4, -0.2) is 54.0 Å². The molecule has 0 unspecified atom stereocenters. The predicted octanol–water partition coefficient (Wildman–Crippen LogP) is 1.49. The van der Waals surface area contributed by atoms with Crippen LogP contribution in [0.25, 0.3) is 0 Å². The van der Waals surface area contributed by atoms with E-state index in [0.29, 0.717) is 19.3 Å². The summed E-state index contributed by atoms with van der Waals surface area (Å²) in [5.74, 6) is 0. The maximum absolute atomic E-state index is 11.9. The van der Waals surface area contributed by atoms with Crippen LogP contribution in [0, 0.1) is 6.92 Å². The van der Waals surface area contributed by atoms with Gasteiger partial charge >= 0.3 is 0 Å². The summed E-state index contributed by atoms with van der Waals surface area (Å²) in [5.41, 5.74) is 1.00. The molecule has 0 bridgehead atoms. The van der Waals surface area contributed by atoms with E-state index in [9.17, 15) is 8.42 Å². The summed E-state index contributed by atoms with van der Waals surface area (Å²) in [4.78, 5) is 0.164. The molecule has 1 saturated heterocycles. The van der Waals surface area contributed by atoms with Crippen LogP contribution in [-0.2, 0) is 23.8 Å². The lowest BCUT2D eigenvalue weighted by Gasteiger charge is -2.22. The van der Waals surface area contributed by atoms with E-state index in [1.807, 2.05) is 6.92 Å². The lowest BCUT2D eigenvalue weighted by atomic mass is 10.1. The molecule has 1 N–H and O–H groups in total. The van der Waals surface area contributed by atoms with Crippen molar-refractivity contribution < 1.29 is 22.1 Å². The van der Waals surface area contributed by atoms with Crippen molar-refractivity contribution >= 4 is 10.1 Å². The van der Waals surface area contributed by atoms with Gasteiger partial charge in [-0.2, -0.15) is 8.42 Å². The first-order valence-electron chi connectivity index (χ1n) is 7.94. The third kappa shape index (κ3) is 6.56. The number of rotatable bonds is 9. The van der Waals surface area contributed by atoms with Gasteiger partial charge in [-0.1, -0.05) is 17.7 Å². The standard InChI is InChI=1S/C16H25NO5S/c1-14-2-4-16(5-3-14)23(18,19)22-13-11-20-10-12-21-15-6-8-17-9-7-15/h2-5,15,17H,6-13H2,1H3. The van der Waals surface area contributed by atoms with Crippen LogP contribution < -0.4 is 5.32 Å². The van der Waals surface area contributed by atoms with Gasteiger partial charge in [0.1, 0.15) is 0 Å². The molecule has 0 amide bonds. The molecule has 0 radical (unpaired) electrons. The normalized spacial score (nSPS) is 16.6. The molecule has 7 heteroatoms. The summed E-state index contributed by atoms with van der Waals surface area (Å²) in [7, 11) is -3.71. The van der Waals surface area contributed by atoms with E-state index < -0.39 is 10.1 Å². The van der Waals surface area contributed by atoms with Gasteiger partial charge in [-0.3, -0.25) is 4.18 Å². The second kappa shape index (κ2) is 9.34. The zero-order valence-electron chi connectivity index (χ0n) is 13.5. The topological polar surface area (TPSA) is 73.9 Å². The average molecular weight is 343 g/mol. The summed E-state index contributed by atoms with van der Waals surface area (Å²) in [6.45, 7) is 5.08. The van der Waals surface area contributed by atoms with Crippen LogP contribution in [0.5, 0.6) is 0 Å². The number of piperidine rings is 1. The molecular weight excluding hydrogens is 318 g/mol. The molecule has 1 heterocycles. The van der Waals surface area contributed by atoms with E-state index in [1.54, 1.807) is 24.3 Å². The first kappa shape index (κ1) is 18.4. The summed E-state index contributed by atoms with van der Waals surface area (Å²) >= 11 is 0. The van der Waals surface area contributed by atoms with Crippen LogP contribution in [0.3, 0.4) is 0 Å². The van der Waals surface area contributed by atoms with Gasteiger partial charge in [0, 0.05) is 0 Å². The van der Waals surface area contributed by atoms with Crippen LogP contribution in [0.2, 0.25) is 0 Å². The lowest BCUT2D eigenvalue weighted by Crippen LogP contribution is -2.33. The van der Waals surface area contributed by atoms with Gasteiger partial charge in [-0.05, 0) is 45.0 Å². The minimum absolute atomic E-state index is 0.00353. The third-order valence-electron chi connectivity index (χ3n) is 3.64. The van der Waals surface area contributed by atoms with E-state index in [2.05, 4.69) is 5.32 Å². The Balaban J connectivity index is 1.56. The van der Waals surface area contributed by atoms with Gasteiger partial charge in [-0.25, -0.2) is 0 Å². The van der Waals surface area contributed by atoms with Crippen molar-refractivity contribution in [3.05, 3.63) is 29.8 Å². The number of aryl methyl sites for hydroxylation is 1. The lowest BCUT2D eigenvalue weighted by molar-refractivity contribution is -0.0112. The fourth-order valence-corrected chi connectivity index (χ4v) is 3.21. The summed E-state index contributed by atoms with van der Waals surface area (Å²) in [5, 5.41) is 3.28. The van der Waals surface area contributed by atoms with Crippen LogP contribution in [0.15, 0.2) is 29.2 Å². The minimum atomic E-state index is -3.71. The highest BCUT2D eigenvalue weighted by Crippen LogP contribution is 2.13. The highest BCUT2D eigenvalue weighted by atomic mass is 32.2. The molecule has 2 rings (SSSR count). The zero-order valence-corrected chi connectivity index (χ0v) is 14.3. The SMILES string of the molecule is Cc1ccc(S(=O)(=O)OCCOCCOC2CCNCC2)cc1. The van der Waals surface area contributed by atoms with Crippen LogP contribution in [0.4, 0.5) is 0 Å². The monoisotopic (exact) mass is 343 g/mol. The van der Waals surface area contributed by atoms with Gasteiger partial charge in [0.25, 0.3) is 10.1 Å². The molecule has 1 aliphatic rings. The minimum Gasteiger partial charge on any atom is -0.377 e. The highest BCUT2D eigenvalue weighted by molar-refractivity contribution is 7.86. The number of ether oxygens (including phenoxy) is 2. The first-order valence-corrected chi connectivity index (χ1v) is 9.35. The smallest absolute Gasteiger partial charge is 0.297 e. The van der Waals surface area contributed by atoms with E-state index >= 15 is 0 Å². The number of nitrogens with one attached hydrogen (secondary N) is 1. The molecule has 0 saturated carbocycles. The van der Waals surface area contributed by atoms with Crippen molar-refractivity contribution in [1.29, 1.82) is 0 Å². The predicted molar refractivity (Wildman–Crippen MR) is 87.0 cm³/mol. The highest BCUT2D eigenvalue weighted by Gasteiger charge is 2.15. The Morgan fingerprint density at radius 1 is 1.04 bits per heavy atom. The van der Waals surface area contributed by atoms with Crippen molar-refractivity contribution in [3.8, 4) is 0 Å². The van der Waals surface area contributed by atoms with E-state index in [4.69, 9.17) is 13.7 Å². The molecule has 130 valence electrons. The Morgan fingerprint density at radius 3 is 2.39 bits per heavy atom. The van der Waals surface area contributed by atoms with Gasteiger partial charge in [0.15, 0.2) is 0 Å². The molecule has 0 aliphatic carbocycles. The Kier molecular flexibility index (Phi) is 7.45. The average Bonchev–Trinajstić information content (AvgIpc) is 2.55. The molecule has 0 spiro atoms. The Bertz CT molecular complexity index is 552. The van der Waals surface area contributed by atoms with Crippen molar-refractivity contribution in [2.45, 2.75) is 30.8 Å². The molecule has 23 heavy (non-hydrogen) atoms. The molecule has 1 aliphatic heterocycles. The van der Waals surface area contributed by atoms with Crippen molar-refractivity contribution in [3.63, 3.8) is 0 Å². The van der Waals surface area contributed by atoms with Crippen LogP contribution >= 0.6 is 0 Å². The molecule has 1 aromatic rings. The van der Waals surface area contributed by atoms with Crippen molar-refractivity contribution in [2.75, 3.05) is 39.5 Å². The fourth-order valence-electron chi connectivity index (χ4n) is 2.31. The zero-order chi connectivity index (χ0) is 16.5. The summed E-state index contributed by atoms with van der Waals surface area (Å²) in [6.07, 6.45) is 2.36. The maximum Gasteiger partial charge on any atom is 0.297 e. The maximum atomic E-state index is 11.9. The molecule has 0 aromatic heterocycles. The van der Waals surface area contributed by atoms with Gasteiger partial charge in [0.2, 0.25) is 0 Å². The Morgan fingerprint density at radius 2 is 1.70 bits per heavy atom.